The van der Waals surface area contributed by atoms with Crippen LogP contribution in [0.15, 0.2) is 16.5 Å². The van der Waals surface area contributed by atoms with Gasteiger partial charge in [0.1, 0.15) is 0 Å². The molecular weight excluding hydrogens is 108 g/mol. The van der Waals surface area contributed by atoms with Crippen molar-refractivity contribution in [3.63, 3.8) is 0 Å². The first-order chi connectivity index (χ1) is 3.50. The summed E-state index contributed by atoms with van der Waals surface area (Å²) in [7, 11) is 0. The van der Waals surface area contributed by atoms with Gasteiger partial charge in [0.25, 0.3) is 0 Å². The van der Waals surface area contributed by atoms with Crippen LogP contribution in [-0.4, -0.2) is 12.8 Å². The summed E-state index contributed by atoms with van der Waals surface area (Å²) in [6, 6.07) is 0. The lowest BCUT2D eigenvalue weighted by Gasteiger charge is -1.85. The molecule has 0 saturated heterocycles. The van der Waals surface area contributed by atoms with Crippen LogP contribution in [0.25, 0.3) is 0 Å². The molecule has 0 bridgehead atoms. The zero-order valence-electron chi connectivity index (χ0n) is 3.79. The van der Waals surface area contributed by atoms with Crippen molar-refractivity contribution in [2.75, 3.05) is 6.54 Å². The van der Waals surface area contributed by atoms with Crippen molar-refractivity contribution in [3.8, 4) is 0 Å². The molecule has 0 amide bonds. The Balaban J connectivity index is 2.39. The fourth-order valence-corrected chi connectivity index (χ4v) is 0.694. The van der Waals surface area contributed by atoms with Crippen molar-refractivity contribution in [3.05, 3.63) is 12.2 Å². The monoisotopic (exact) mass is 114 g/mol. The van der Waals surface area contributed by atoms with Crippen LogP contribution in [0, 0.1) is 0 Å². The number of hydrogen-bond acceptors (Lipinski definition) is 3. The molecular formula is C4H6N2S. The van der Waals surface area contributed by atoms with Crippen LogP contribution in [0.3, 0.4) is 0 Å². The molecule has 0 saturated carbocycles. The van der Waals surface area contributed by atoms with Gasteiger partial charge >= 0.3 is 0 Å². The molecule has 0 unspecified atom stereocenters. The van der Waals surface area contributed by atoms with E-state index in [1.807, 2.05) is 12.2 Å². The highest BCUT2D eigenvalue weighted by Gasteiger charge is 1.80. The van der Waals surface area contributed by atoms with Crippen molar-refractivity contribution in [1.29, 1.82) is 0 Å². The summed E-state index contributed by atoms with van der Waals surface area (Å²) in [5.74, 6) is 0. The van der Waals surface area contributed by atoms with Gasteiger partial charge in [0.05, 0.1) is 12.1 Å². The highest BCUT2D eigenvalue weighted by atomic mass is 32.2. The average Bonchev–Trinajstić information content (AvgIpc) is 1.90. The summed E-state index contributed by atoms with van der Waals surface area (Å²) >= 11 is 1.37. The van der Waals surface area contributed by atoms with Crippen molar-refractivity contribution in [1.82, 2.24) is 4.72 Å². The van der Waals surface area contributed by atoms with Crippen molar-refractivity contribution >= 4 is 18.3 Å². The number of rotatable bonds is 0. The first kappa shape index (κ1) is 4.87. The minimum Gasteiger partial charge on any atom is -0.241 e. The Bertz CT molecular complexity index is 85.9. The molecule has 1 aliphatic heterocycles. The molecule has 0 atom stereocenters. The molecule has 7 heavy (non-hydrogen) atoms. The Hall–Kier alpha value is -0.280. The minimum atomic E-state index is 0.907. The predicted octanol–water partition coefficient (Wildman–Crippen LogP) is 0.780. The molecule has 1 rings (SSSR count). The smallest absolute Gasteiger partial charge is 0.0588 e. The molecule has 0 aromatic rings. The molecule has 38 valence electrons. The van der Waals surface area contributed by atoms with E-state index in [0.29, 0.717) is 0 Å². The molecule has 0 spiro atoms. The second-order valence-electron chi connectivity index (χ2n) is 1.12. The number of nitrogens with one attached hydrogen (secondary N) is 1. The van der Waals surface area contributed by atoms with Crippen molar-refractivity contribution in [2.45, 2.75) is 0 Å². The Kier molecular flexibility index (Phi) is 1.96. The number of allylic oxidation sites excluding steroid dienone is 1. The largest absolute Gasteiger partial charge is 0.241 e. The fraction of sp³-hybridized carbons (Fsp3) is 0.250. The van der Waals surface area contributed by atoms with E-state index in [1.165, 1.54) is 12.1 Å². The van der Waals surface area contributed by atoms with Crippen LogP contribution in [-0.2, 0) is 0 Å². The first-order valence-electron chi connectivity index (χ1n) is 2.07. The third-order valence-corrected chi connectivity index (χ3v) is 1.12. The average molecular weight is 114 g/mol. The Morgan fingerprint density at radius 2 is 2.71 bits per heavy atom. The zero-order chi connectivity index (χ0) is 4.95. The van der Waals surface area contributed by atoms with Gasteiger partial charge in [-0.25, -0.2) is 9.12 Å². The van der Waals surface area contributed by atoms with Gasteiger partial charge in [0, 0.05) is 12.8 Å². The van der Waals surface area contributed by atoms with Gasteiger partial charge < -0.3 is 0 Å². The lowest BCUT2D eigenvalue weighted by atomic mass is 10.5. The van der Waals surface area contributed by atoms with Crippen LogP contribution in [0.5, 0.6) is 0 Å². The lowest BCUT2D eigenvalue weighted by Crippen LogP contribution is -1.98. The second-order valence-corrected chi connectivity index (χ2v) is 1.80. The summed E-state index contributed by atoms with van der Waals surface area (Å²) < 4.78 is 6.84. The molecule has 3 heteroatoms. The topological polar surface area (TPSA) is 24.4 Å². The quantitative estimate of drug-likeness (QED) is 0.471. The van der Waals surface area contributed by atoms with E-state index in [4.69, 9.17) is 0 Å². The minimum absolute atomic E-state index is 0.907. The molecule has 0 radical (unpaired) electrons. The maximum Gasteiger partial charge on any atom is 0.0588 e. The van der Waals surface area contributed by atoms with E-state index in [-0.39, 0.29) is 0 Å². The van der Waals surface area contributed by atoms with E-state index in [1.54, 1.807) is 6.21 Å². The fourth-order valence-electron chi connectivity index (χ4n) is 0.317. The number of nitrogens with zero attached hydrogens (tertiary/aromatic N) is 1. The van der Waals surface area contributed by atoms with Crippen molar-refractivity contribution < 1.29 is 0 Å². The maximum absolute atomic E-state index is 3.86. The van der Waals surface area contributed by atoms with E-state index in [2.05, 4.69) is 9.12 Å². The molecule has 1 heterocycles. The number of hydrogen-bond donors (Lipinski definition) is 1. The summed E-state index contributed by atoms with van der Waals surface area (Å²) in [6.45, 7) is 0.907. The van der Waals surface area contributed by atoms with Crippen molar-refractivity contribution in [2.24, 2.45) is 4.40 Å². The zero-order valence-corrected chi connectivity index (χ0v) is 4.61. The normalized spacial score (nSPS) is 19.4. The molecule has 0 aliphatic carbocycles. The van der Waals surface area contributed by atoms with Crippen LogP contribution in [0.4, 0.5) is 0 Å². The Morgan fingerprint density at radius 3 is 3.71 bits per heavy atom. The van der Waals surface area contributed by atoms with Crippen LogP contribution in [0.2, 0.25) is 0 Å². The SMILES string of the molecule is C1=CCNSN=C1. The van der Waals surface area contributed by atoms with Crippen LogP contribution in [0.1, 0.15) is 0 Å². The van der Waals surface area contributed by atoms with E-state index in [0.717, 1.165) is 6.54 Å². The van der Waals surface area contributed by atoms with Gasteiger partial charge in [0.15, 0.2) is 0 Å². The summed E-state index contributed by atoms with van der Waals surface area (Å²) in [5.41, 5.74) is 0. The highest BCUT2D eigenvalue weighted by Crippen LogP contribution is 1.94. The summed E-state index contributed by atoms with van der Waals surface area (Å²) in [4.78, 5) is 0. The van der Waals surface area contributed by atoms with Gasteiger partial charge in [-0.3, -0.25) is 0 Å². The maximum atomic E-state index is 3.86. The standard InChI is InChI=1S/C4H6N2S/c1-2-4-6-7-5-3-1/h1-3,6H,4H2. The lowest BCUT2D eigenvalue weighted by molar-refractivity contribution is 1.13. The third-order valence-electron chi connectivity index (χ3n) is 0.601. The van der Waals surface area contributed by atoms with E-state index in [9.17, 15) is 0 Å². The van der Waals surface area contributed by atoms with Gasteiger partial charge in [-0.2, -0.15) is 0 Å². The molecule has 2 nitrogen and oxygen atoms in total. The van der Waals surface area contributed by atoms with Gasteiger partial charge in [-0.05, 0) is 6.08 Å². The molecule has 1 N–H and O–H groups in total. The first-order valence-corrected chi connectivity index (χ1v) is 2.85. The van der Waals surface area contributed by atoms with Gasteiger partial charge in [0.2, 0.25) is 0 Å². The molecule has 0 aromatic carbocycles. The summed E-state index contributed by atoms with van der Waals surface area (Å²) in [6.07, 6.45) is 5.71. The van der Waals surface area contributed by atoms with Crippen LogP contribution >= 0.6 is 12.1 Å². The van der Waals surface area contributed by atoms with E-state index >= 15 is 0 Å². The van der Waals surface area contributed by atoms with E-state index < -0.39 is 0 Å². The molecule has 0 fully saturated rings. The second kappa shape index (κ2) is 2.82. The third kappa shape index (κ3) is 1.75. The Labute approximate surface area is 47.0 Å². The Morgan fingerprint density at radius 1 is 1.71 bits per heavy atom. The molecule has 0 aromatic heterocycles. The van der Waals surface area contributed by atoms with Crippen LogP contribution < -0.4 is 4.72 Å². The predicted molar refractivity (Wildman–Crippen MR) is 33.2 cm³/mol. The molecule has 1 aliphatic rings. The van der Waals surface area contributed by atoms with Gasteiger partial charge in [-0.1, -0.05) is 6.08 Å². The summed E-state index contributed by atoms with van der Waals surface area (Å²) in [5, 5.41) is 0. The van der Waals surface area contributed by atoms with Gasteiger partial charge in [-0.15, -0.1) is 0 Å². The highest BCUT2D eigenvalue weighted by molar-refractivity contribution is 7.96.